The lowest BCUT2D eigenvalue weighted by Gasteiger charge is -2.29. The summed E-state index contributed by atoms with van der Waals surface area (Å²) < 4.78 is 0. The lowest BCUT2D eigenvalue weighted by molar-refractivity contribution is -0.129. The minimum Gasteiger partial charge on any atom is -0.299 e. The summed E-state index contributed by atoms with van der Waals surface area (Å²) in [5.74, 6) is 1.21. The molecule has 1 aliphatic rings. The van der Waals surface area contributed by atoms with Crippen LogP contribution in [0.2, 0.25) is 0 Å². The molecule has 1 rings (SSSR count). The highest BCUT2D eigenvalue weighted by Gasteiger charge is 2.39. The molecule has 0 aromatic rings. The van der Waals surface area contributed by atoms with Crippen molar-refractivity contribution < 1.29 is 4.79 Å². The number of Topliss-reactive ketones (excluding diaryl/α,β-unsaturated/α-hetero) is 1. The summed E-state index contributed by atoms with van der Waals surface area (Å²) >= 11 is 0. The Labute approximate surface area is 88.3 Å². The predicted octanol–water partition coefficient (Wildman–Crippen LogP) is 3.96. The van der Waals surface area contributed by atoms with Gasteiger partial charge in [0.2, 0.25) is 0 Å². The van der Waals surface area contributed by atoms with E-state index in [1.165, 1.54) is 12.8 Å². The summed E-state index contributed by atoms with van der Waals surface area (Å²) in [6.07, 6.45) is 7.77. The van der Waals surface area contributed by atoms with E-state index in [9.17, 15) is 4.79 Å². The number of carbonyl (C=O) groups excluding carboxylic acids is 1. The molecule has 0 unspecified atom stereocenters. The predicted molar refractivity (Wildman–Crippen MR) is 60.3 cm³/mol. The van der Waals surface area contributed by atoms with Gasteiger partial charge in [-0.2, -0.15) is 0 Å². The van der Waals surface area contributed by atoms with E-state index in [1.807, 2.05) is 0 Å². The van der Waals surface area contributed by atoms with Crippen molar-refractivity contribution in [3.8, 4) is 0 Å². The fraction of sp³-hybridized carbons (Fsp3) is 0.923. The molecule has 0 heterocycles. The van der Waals surface area contributed by atoms with E-state index in [4.69, 9.17) is 0 Å². The Kier molecular flexibility index (Phi) is 4.15. The SMILES string of the molecule is CCCC(=O)C1(CC(C)C)CCCC1. The molecule has 1 aliphatic carbocycles. The first-order chi connectivity index (χ1) is 6.60. The van der Waals surface area contributed by atoms with Gasteiger partial charge in [-0.3, -0.25) is 4.79 Å². The van der Waals surface area contributed by atoms with Crippen molar-refractivity contribution in [3.63, 3.8) is 0 Å². The summed E-state index contributed by atoms with van der Waals surface area (Å²) in [6, 6.07) is 0. The Morgan fingerprint density at radius 1 is 1.29 bits per heavy atom. The first kappa shape index (κ1) is 11.7. The van der Waals surface area contributed by atoms with Gasteiger partial charge in [0.05, 0.1) is 0 Å². The number of carbonyl (C=O) groups is 1. The van der Waals surface area contributed by atoms with Gasteiger partial charge in [-0.1, -0.05) is 33.6 Å². The molecule has 0 aliphatic heterocycles. The molecule has 0 spiro atoms. The Balaban J connectivity index is 2.65. The molecule has 0 atom stereocenters. The highest BCUT2D eigenvalue weighted by atomic mass is 16.1. The highest BCUT2D eigenvalue weighted by molar-refractivity contribution is 5.85. The number of hydrogen-bond acceptors (Lipinski definition) is 1. The molecule has 82 valence electrons. The van der Waals surface area contributed by atoms with E-state index in [1.54, 1.807) is 0 Å². The maximum atomic E-state index is 12.1. The van der Waals surface area contributed by atoms with Crippen LogP contribution in [0, 0.1) is 11.3 Å². The fourth-order valence-corrected chi connectivity index (χ4v) is 2.92. The van der Waals surface area contributed by atoms with Crippen molar-refractivity contribution in [2.75, 3.05) is 0 Å². The Morgan fingerprint density at radius 3 is 2.29 bits per heavy atom. The van der Waals surface area contributed by atoms with Crippen LogP contribution in [0.4, 0.5) is 0 Å². The molecule has 0 N–H and O–H groups in total. The summed E-state index contributed by atoms with van der Waals surface area (Å²) in [5.41, 5.74) is 0.0875. The molecule has 0 aromatic carbocycles. The van der Waals surface area contributed by atoms with Gasteiger partial charge in [-0.25, -0.2) is 0 Å². The highest BCUT2D eigenvalue weighted by Crippen LogP contribution is 2.44. The zero-order valence-electron chi connectivity index (χ0n) is 9.94. The molecular formula is C13H24O. The Bertz CT molecular complexity index is 187. The third-order valence-corrected chi connectivity index (χ3v) is 3.43. The van der Waals surface area contributed by atoms with Crippen LogP contribution in [-0.4, -0.2) is 5.78 Å². The molecule has 1 fully saturated rings. The van der Waals surface area contributed by atoms with E-state index < -0.39 is 0 Å². The zero-order valence-corrected chi connectivity index (χ0v) is 9.94. The van der Waals surface area contributed by atoms with Crippen molar-refractivity contribution in [1.82, 2.24) is 0 Å². The fourth-order valence-electron chi connectivity index (χ4n) is 2.92. The molecule has 1 saturated carbocycles. The molecule has 0 bridgehead atoms. The van der Waals surface area contributed by atoms with Gasteiger partial charge < -0.3 is 0 Å². The first-order valence-electron chi connectivity index (χ1n) is 6.14. The summed E-state index contributed by atoms with van der Waals surface area (Å²) in [7, 11) is 0. The second-order valence-corrected chi connectivity index (χ2v) is 5.26. The molecular weight excluding hydrogens is 172 g/mol. The zero-order chi connectivity index (χ0) is 10.6. The van der Waals surface area contributed by atoms with Gasteiger partial charge >= 0.3 is 0 Å². The average Bonchev–Trinajstić information content (AvgIpc) is 2.53. The van der Waals surface area contributed by atoms with Crippen molar-refractivity contribution in [2.24, 2.45) is 11.3 Å². The quantitative estimate of drug-likeness (QED) is 0.650. The first-order valence-corrected chi connectivity index (χ1v) is 6.14. The average molecular weight is 196 g/mol. The van der Waals surface area contributed by atoms with Gasteiger partial charge in [0, 0.05) is 11.8 Å². The largest absolute Gasteiger partial charge is 0.299 e. The normalized spacial score (nSPS) is 20.3. The smallest absolute Gasteiger partial charge is 0.139 e. The van der Waals surface area contributed by atoms with E-state index in [2.05, 4.69) is 20.8 Å². The van der Waals surface area contributed by atoms with Gasteiger partial charge in [0.25, 0.3) is 0 Å². The number of rotatable bonds is 5. The van der Waals surface area contributed by atoms with Crippen molar-refractivity contribution >= 4 is 5.78 Å². The summed E-state index contributed by atoms with van der Waals surface area (Å²) in [4.78, 5) is 12.1. The number of hydrogen-bond donors (Lipinski definition) is 0. The van der Waals surface area contributed by atoms with Crippen LogP contribution >= 0.6 is 0 Å². The minimum absolute atomic E-state index is 0.0875. The maximum Gasteiger partial charge on any atom is 0.139 e. The lowest BCUT2D eigenvalue weighted by Crippen LogP contribution is -2.29. The van der Waals surface area contributed by atoms with E-state index in [-0.39, 0.29) is 5.41 Å². The second-order valence-electron chi connectivity index (χ2n) is 5.26. The molecule has 0 aromatic heterocycles. The molecule has 14 heavy (non-hydrogen) atoms. The number of ketones is 1. The minimum atomic E-state index is 0.0875. The Hall–Kier alpha value is -0.330. The van der Waals surface area contributed by atoms with E-state index >= 15 is 0 Å². The Morgan fingerprint density at radius 2 is 1.86 bits per heavy atom. The van der Waals surface area contributed by atoms with E-state index in [0.29, 0.717) is 11.7 Å². The van der Waals surface area contributed by atoms with Crippen LogP contribution in [0.1, 0.15) is 65.7 Å². The van der Waals surface area contributed by atoms with Gasteiger partial charge in [-0.15, -0.1) is 0 Å². The van der Waals surface area contributed by atoms with Crippen LogP contribution in [0.15, 0.2) is 0 Å². The molecule has 1 heteroatoms. The van der Waals surface area contributed by atoms with Crippen LogP contribution in [0.25, 0.3) is 0 Å². The molecule has 1 nitrogen and oxygen atoms in total. The lowest BCUT2D eigenvalue weighted by atomic mass is 9.74. The second kappa shape index (κ2) is 4.95. The van der Waals surface area contributed by atoms with Crippen molar-refractivity contribution in [3.05, 3.63) is 0 Å². The topological polar surface area (TPSA) is 17.1 Å². The van der Waals surface area contributed by atoms with Crippen molar-refractivity contribution in [1.29, 1.82) is 0 Å². The van der Waals surface area contributed by atoms with Gasteiger partial charge in [0.15, 0.2) is 0 Å². The maximum absolute atomic E-state index is 12.1. The summed E-state index contributed by atoms with van der Waals surface area (Å²) in [6.45, 7) is 6.58. The van der Waals surface area contributed by atoms with Gasteiger partial charge in [-0.05, 0) is 31.6 Å². The van der Waals surface area contributed by atoms with E-state index in [0.717, 1.165) is 32.1 Å². The molecule has 0 amide bonds. The van der Waals surface area contributed by atoms with Crippen LogP contribution < -0.4 is 0 Å². The third kappa shape index (κ3) is 2.59. The van der Waals surface area contributed by atoms with Gasteiger partial charge in [0.1, 0.15) is 5.78 Å². The van der Waals surface area contributed by atoms with Crippen LogP contribution in [0.3, 0.4) is 0 Å². The summed E-state index contributed by atoms with van der Waals surface area (Å²) in [5, 5.41) is 0. The van der Waals surface area contributed by atoms with Crippen LogP contribution in [0.5, 0.6) is 0 Å². The monoisotopic (exact) mass is 196 g/mol. The molecule has 0 radical (unpaired) electrons. The van der Waals surface area contributed by atoms with Crippen LogP contribution in [-0.2, 0) is 4.79 Å². The standard InChI is InChI=1S/C13H24O/c1-4-7-12(14)13(10-11(2)3)8-5-6-9-13/h11H,4-10H2,1-3H3. The third-order valence-electron chi connectivity index (χ3n) is 3.43. The molecule has 0 saturated heterocycles. The van der Waals surface area contributed by atoms with Crippen molar-refractivity contribution in [2.45, 2.75) is 65.7 Å².